The van der Waals surface area contributed by atoms with E-state index in [-0.39, 0.29) is 11.9 Å². The van der Waals surface area contributed by atoms with Crippen LogP contribution in [0.4, 0.5) is 0 Å². The summed E-state index contributed by atoms with van der Waals surface area (Å²) >= 11 is 0. The molecule has 0 radical (unpaired) electrons. The fraction of sp³-hybridized carbons (Fsp3) is 0.438. The third kappa shape index (κ3) is 2.00. The molecule has 1 aliphatic heterocycles. The molecule has 4 heteroatoms. The first kappa shape index (κ1) is 13.2. The number of carbonyl (C=O) groups is 1. The maximum Gasteiger partial charge on any atom is 0.254 e. The Morgan fingerprint density at radius 2 is 2.25 bits per heavy atom. The third-order valence-corrected chi connectivity index (χ3v) is 4.47. The molecule has 0 spiro atoms. The number of aromatic amines is 1. The second kappa shape index (κ2) is 4.94. The minimum absolute atomic E-state index is 0.109. The van der Waals surface area contributed by atoms with Crippen molar-refractivity contribution in [1.29, 1.82) is 0 Å². The molecule has 20 heavy (non-hydrogen) atoms. The first-order valence-corrected chi connectivity index (χ1v) is 7.21. The molecule has 1 unspecified atom stereocenters. The Bertz CT molecular complexity index is 659. The molecule has 1 aromatic heterocycles. The number of nitrogens with zero attached hydrogens (tertiary/aromatic N) is 1. The van der Waals surface area contributed by atoms with Crippen LogP contribution in [0.3, 0.4) is 0 Å². The Kier molecular flexibility index (Phi) is 3.26. The topological polar surface area (TPSA) is 62.1 Å². The minimum Gasteiger partial charge on any atom is -0.358 e. The number of hydrogen-bond donors (Lipinski definition) is 2. The van der Waals surface area contributed by atoms with E-state index in [2.05, 4.69) is 18.8 Å². The highest BCUT2D eigenvalue weighted by atomic mass is 16.2. The van der Waals surface area contributed by atoms with Gasteiger partial charge in [0.2, 0.25) is 0 Å². The highest BCUT2D eigenvalue weighted by Gasteiger charge is 2.28. The summed E-state index contributed by atoms with van der Waals surface area (Å²) in [7, 11) is 0. The number of aromatic nitrogens is 1. The lowest BCUT2D eigenvalue weighted by Gasteiger charge is -2.23. The lowest BCUT2D eigenvalue weighted by atomic mass is 10.1. The van der Waals surface area contributed by atoms with Gasteiger partial charge in [0.25, 0.3) is 5.91 Å². The standard InChI is InChI=1S/C16H21N3O/c1-10-11(2)18-15-6-5-12(8-14(10)15)16(20)19-7-3-4-13(19)9-17/h5-6,8,13,18H,3-4,7,9,17H2,1-2H3. The number of carbonyl (C=O) groups excluding carboxylic acids is 1. The van der Waals surface area contributed by atoms with E-state index in [0.29, 0.717) is 6.54 Å². The van der Waals surface area contributed by atoms with Crippen molar-refractivity contribution in [3.63, 3.8) is 0 Å². The monoisotopic (exact) mass is 271 g/mol. The van der Waals surface area contributed by atoms with E-state index in [9.17, 15) is 4.79 Å². The average Bonchev–Trinajstić information content (AvgIpc) is 3.04. The van der Waals surface area contributed by atoms with Crippen LogP contribution in [0.25, 0.3) is 10.9 Å². The van der Waals surface area contributed by atoms with Crippen molar-refractivity contribution in [2.45, 2.75) is 32.7 Å². The molecule has 0 bridgehead atoms. The molecule has 3 N–H and O–H groups in total. The largest absolute Gasteiger partial charge is 0.358 e. The van der Waals surface area contributed by atoms with Crippen LogP contribution in [-0.4, -0.2) is 34.9 Å². The van der Waals surface area contributed by atoms with Crippen LogP contribution in [0.5, 0.6) is 0 Å². The summed E-state index contributed by atoms with van der Waals surface area (Å²) in [6.45, 7) is 5.52. The van der Waals surface area contributed by atoms with Gasteiger partial charge in [0.05, 0.1) is 0 Å². The van der Waals surface area contributed by atoms with Gasteiger partial charge in [-0.25, -0.2) is 0 Å². The van der Waals surface area contributed by atoms with Crippen LogP contribution in [0.15, 0.2) is 18.2 Å². The predicted molar refractivity (Wildman–Crippen MR) is 80.9 cm³/mol. The summed E-state index contributed by atoms with van der Waals surface area (Å²) in [5.74, 6) is 0.109. The second-order valence-electron chi connectivity index (χ2n) is 5.67. The van der Waals surface area contributed by atoms with Gasteiger partial charge in [0, 0.05) is 41.3 Å². The molecule has 106 valence electrons. The lowest BCUT2D eigenvalue weighted by molar-refractivity contribution is 0.0741. The quantitative estimate of drug-likeness (QED) is 0.880. The summed E-state index contributed by atoms with van der Waals surface area (Å²) < 4.78 is 0. The van der Waals surface area contributed by atoms with Crippen molar-refractivity contribution in [3.05, 3.63) is 35.0 Å². The zero-order chi connectivity index (χ0) is 14.3. The highest BCUT2D eigenvalue weighted by molar-refractivity contribution is 5.99. The number of hydrogen-bond acceptors (Lipinski definition) is 2. The number of nitrogens with two attached hydrogens (primary N) is 1. The summed E-state index contributed by atoms with van der Waals surface area (Å²) in [6, 6.07) is 6.11. The number of rotatable bonds is 2. The Morgan fingerprint density at radius 1 is 1.45 bits per heavy atom. The van der Waals surface area contributed by atoms with Gasteiger partial charge < -0.3 is 15.6 Å². The smallest absolute Gasteiger partial charge is 0.254 e. The zero-order valence-electron chi connectivity index (χ0n) is 12.1. The fourth-order valence-corrected chi connectivity index (χ4v) is 3.11. The van der Waals surface area contributed by atoms with E-state index in [4.69, 9.17) is 5.73 Å². The van der Waals surface area contributed by atoms with Gasteiger partial charge >= 0.3 is 0 Å². The van der Waals surface area contributed by atoms with E-state index in [1.807, 2.05) is 23.1 Å². The number of benzene rings is 1. The van der Waals surface area contributed by atoms with Crippen LogP contribution >= 0.6 is 0 Å². The molecular formula is C16H21N3O. The van der Waals surface area contributed by atoms with Gasteiger partial charge in [-0.3, -0.25) is 4.79 Å². The van der Waals surface area contributed by atoms with Crippen molar-refractivity contribution >= 4 is 16.8 Å². The van der Waals surface area contributed by atoms with Crippen LogP contribution in [0.2, 0.25) is 0 Å². The summed E-state index contributed by atoms with van der Waals surface area (Å²) in [4.78, 5) is 17.9. The van der Waals surface area contributed by atoms with Crippen molar-refractivity contribution in [3.8, 4) is 0 Å². The van der Waals surface area contributed by atoms with Crippen molar-refractivity contribution < 1.29 is 4.79 Å². The number of amides is 1. The second-order valence-corrected chi connectivity index (χ2v) is 5.67. The van der Waals surface area contributed by atoms with Crippen molar-refractivity contribution in [1.82, 2.24) is 9.88 Å². The van der Waals surface area contributed by atoms with Crippen LogP contribution < -0.4 is 5.73 Å². The first-order valence-electron chi connectivity index (χ1n) is 7.21. The molecule has 2 aromatic rings. The lowest BCUT2D eigenvalue weighted by Crippen LogP contribution is -2.39. The molecule has 2 heterocycles. The zero-order valence-corrected chi connectivity index (χ0v) is 12.1. The summed E-state index contributed by atoms with van der Waals surface area (Å²) in [6.07, 6.45) is 2.07. The molecule has 1 aromatic carbocycles. The van der Waals surface area contributed by atoms with Gasteiger partial charge in [-0.2, -0.15) is 0 Å². The van der Waals surface area contributed by atoms with Gasteiger partial charge in [-0.05, 0) is 50.5 Å². The number of fused-ring (bicyclic) bond motifs is 1. The maximum atomic E-state index is 12.6. The van der Waals surface area contributed by atoms with Crippen molar-refractivity contribution in [2.24, 2.45) is 5.73 Å². The molecular weight excluding hydrogens is 250 g/mol. The Hall–Kier alpha value is -1.81. The summed E-state index contributed by atoms with van der Waals surface area (Å²) in [5, 5.41) is 1.14. The molecule has 0 aliphatic carbocycles. The van der Waals surface area contributed by atoms with Gasteiger partial charge in [0.15, 0.2) is 0 Å². The Labute approximate surface area is 118 Å². The third-order valence-electron chi connectivity index (χ3n) is 4.47. The minimum atomic E-state index is 0.109. The molecule has 1 atom stereocenters. The number of aryl methyl sites for hydroxylation is 2. The van der Waals surface area contributed by atoms with Gasteiger partial charge in [-0.15, -0.1) is 0 Å². The van der Waals surface area contributed by atoms with Crippen LogP contribution in [0.1, 0.15) is 34.5 Å². The number of nitrogens with one attached hydrogen (secondary N) is 1. The highest BCUT2D eigenvalue weighted by Crippen LogP contribution is 2.25. The fourth-order valence-electron chi connectivity index (χ4n) is 3.11. The number of likely N-dealkylation sites (tertiary alicyclic amines) is 1. The summed E-state index contributed by atoms with van der Waals surface area (Å²) in [5.41, 5.74) is 9.99. The Balaban J connectivity index is 1.97. The van der Waals surface area contributed by atoms with E-state index >= 15 is 0 Å². The van der Waals surface area contributed by atoms with E-state index in [1.165, 1.54) is 5.56 Å². The molecule has 1 amide bonds. The number of H-pyrrole nitrogens is 1. The molecule has 3 rings (SSSR count). The van der Waals surface area contributed by atoms with E-state index in [1.54, 1.807) is 0 Å². The van der Waals surface area contributed by atoms with Gasteiger partial charge in [0.1, 0.15) is 0 Å². The average molecular weight is 271 g/mol. The first-order chi connectivity index (χ1) is 9.61. The van der Waals surface area contributed by atoms with Crippen molar-refractivity contribution in [2.75, 3.05) is 13.1 Å². The van der Waals surface area contributed by atoms with E-state index in [0.717, 1.165) is 41.5 Å². The molecule has 1 fully saturated rings. The molecule has 1 saturated heterocycles. The molecule has 1 aliphatic rings. The molecule has 0 saturated carbocycles. The predicted octanol–water partition coefficient (Wildman–Crippen LogP) is 2.35. The normalized spacial score (nSPS) is 18.9. The maximum absolute atomic E-state index is 12.6. The molecule has 4 nitrogen and oxygen atoms in total. The van der Waals surface area contributed by atoms with Crippen LogP contribution in [0, 0.1) is 13.8 Å². The Morgan fingerprint density at radius 3 is 3.00 bits per heavy atom. The van der Waals surface area contributed by atoms with E-state index < -0.39 is 0 Å². The van der Waals surface area contributed by atoms with Crippen LogP contribution in [-0.2, 0) is 0 Å². The van der Waals surface area contributed by atoms with Gasteiger partial charge in [-0.1, -0.05) is 0 Å². The SMILES string of the molecule is Cc1[nH]c2ccc(C(=O)N3CCCC3CN)cc2c1C.